The van der Waals surface area contributed by atoms with Gasteiger partial charge < -0.3 is 20.5 Å². The van der Waals surface area contributed by atoms with Gasteiger partial charge in [-0.05, 0) is 12.8 Å². The Morgan fingerprint density at radius 3 is 2.62 bits per heavy atom. The van der Waals surface area contributed by atoms with Crippen molar-refractivity contribution in [2.45, 2.75) is 38.3 Å². The van der Waals surface area contributed by atoms with Crippen molar-refractivity contribution in [1.29, 1.82) is 0 Å². The van der Waals surface area contributed by atoms with Crippen molar-refractivity contribution in [1.82, 2.24) is 5.32 Å². The van der Waals surface area contributed by atoms with Crippen LogP contribution in [0.3, 0.4) is 0 Å². The normalized spacial score (nSPS) is 21.8. The fourth-order valence-electron chi connectivity index (χ4n) is 1.61. The van der Waals surface area contributed by atoms with Crippen LogP contribution in [0.15, 0.2) is 0 Å². The van der Waals surface area contributed by atoms with Gasteiger partial charge in [0.15, 0.2) is 0 Å². The van der Waals surface area contributed by atoms with Crippen molar-refractivity contribution in [3.05, 3.63) is 0 Å². The Bertz CT molecular complexity index is 223. The lowest BCUT2D eigenvalue weighted by atomic mass is 9.93. The number of carbonyl (C=O) groups is 1. The number of nitrogens with one attached hydrogen (secondary N) is 1. The maximum Gasteiger partial charge on any atom is 0.240 e. The van der Waals surface area contributed by atoms with Crippen LogP contribution in [0.1, 0.15) is 26.7 Å². The Hall–Kier alpha value is -0.650. The minimum Gasteiger partial charge on any atom is -0.376 e. The Morgan fingerprint density at radius 2 is 2.12 bits per heavy atom. The van der Waals surface area contributed by atoms with Crippen LogP contribution in [0.5, 0.6) is 0 Å². The van der Waals surface area contributed by atoms with E-state index in [1.54, 1.807) is 0 Å². The van der Waals surface area contributed by atoms with E-state index in [1.807, 2.05) is 13.8 Å². The number of rotatable bonds is 5. The Kier molecular flexibility index (Phi) is 5.18. The molecule has 1 fully saturated rings. The highest BCUT2D eigenvalue weighted by atomic mass is 16.6. The highest BCUT2D eigenvalue weighted by Gasteiger charge is 2.30. The Morgan fingerprint density at radius 1 is 1.44 bits per heavy atom. The molecule has 1 heterocycles. The summed E-state index contributed by atoms with van der Waals surface area (Å²) in [6, 6.07) is 0. The van der Waals surface area contributed by atoms with Crippen LogP contribution in [0.4, 0.5) is 0 Å². The van der Waals surface area contributed by atoms with Gasteiger partial charge in [-0.2, -0.15) is 0 Å². The van der Waals surface area contributed by atoms with E-state index < -0.39 is 5.54 Å². The van der Waals surface area contributed by atoms with Gasteiger partial charge in [-0.3, -0.25) is 4.79 Å². The molecular weight excluding hydrogens is 208 g/mol. The lowest BCUT2D eigenvalue weighted by molar-refractivity contribution is -0.129. The van der Waals surface area contributed by atoms with Gasteiger partial charge in [0, 0.05) is 6.54 Å². The zero-order valence-electron chi connectivity index (χ0n) is 10.1. The molecule has 1 rings (SSSR count). The van der Waals surface area contributed by atoms with Gasteiger partial charge in [0.2, 0.25) is 5.91 Å². The van der Waals surface area contributed by atoms with E-state index in [0.717, 1.165) is 0 Å². The quantitative estimate of drug-likeness (QED) is 0.699. The third-order valence-corrected chi connectivity index (χ3v) is 3.09. The molecule has 1 atom stereocenters. The standard InChI is InChI=1S/C11H22N2O3/c1-3-11(12,4-2)10(14)13-7-9-8-15-5-6-16-9/h9H,3-8,12H2,1-2H3,(H,13,14). The molecular formula is C11H22N2O3. The van der Waals surface area contributed by atoms with E-state index in [0.29, 0.717) is 39.2 Å². The molecule has 0 aliphatic carbocycles. The van der Waals surface area contributed by atoms with Crippen molar-refractivity contribution in [2.24, 2.45) is 5.73 Å². The molecule has 0 aromatic rings. The second kappa shape index (κ2) is 6.18. The second-order valence-electron chi connectivity index (χ2n) is 4.14. The molecule has 1 aliphatic heterocycles. The van der Waals surface area contributed by atoms with Crippen molar-refractivity contribution >= 4 is 5.91 Å². The SMILES string of the molecule is CCC(N)(CC)C(=O)NCC1COCCO1. The van der Waals surface area contributed by atoms with Crippen LogP contribution >= 0.6 is 0 Å². The number of hydrogen-bond acceptors (Lipinski definition) is 4. The van der Waals surface area contributed by atoms with Crippen LogP contribution in [0, 0.1) is 0 Å². The lowest BCUT2D eigenvalue weighted by Crippen LogP contribution is -2.55. The van der Waals surface area contributed by atoms with E-state index in [2.05, 4.69) is 5.32 Å². The first-order valence-corrected chi connectivity index (χ1v) is 5.89. The third-order valence-electron chi connectivity index (χ3n) is 3.09. The lowest BCUT2D eigenvalue weighted by Gasteiger charge is -2.28. The zero-order chi connectivity index (χ0) is 12.0. The summed E-state index contributed by atoms with van der Waals surface area (Å²) in [5.74, 6) is -0.105. The minimum atomic E-state index is -0.754. The van der Waals surface area contributed by atoms with Crippen LogP contribution in [0.25, 0.3) is 0 Å². The van der Waals surface area contributed by atoms with Gasteiger partial charge in [-0.25, -0.2) is 0 Å². The first-order valence-electron chi connectivity index (χ1n) is 5.89. The fourth-order valence-corrected chi connectivity index (χ4v) is 1.61. The summed E-state index contributed by atoms with van der Waals surface area (Å²) in [5, 5.41) is 2.83. The Labute approximate surface area is 96.7 Å². The smallest absolute Gasteiger partial charge is 0.240 e. The number of amides is 1. The summed E-state index contributed by atoms with van der Waals surface area (Å²) >= 11 is 0. The van der Waals surface area contributed by atoms with Crippen molar-refractivity contribution in [2.75, 3.05) is 26.4 Å². The first-order chi connectivity index (χ1) is 7.62. The number of ether oxygens (including phenoxy) is 2. The summed E-state index contributed by atoms with van der Waals surface area (Å²) in [6.07, 6.45) is 1.23. The van der Waals surface area contributed by atoms with Crippen molar-refractivity contribution < 1.29 is 14.3 Å². The average Bonchev–Trinajstić information content (AvgIpc) is 2.36. The van der Waals surface area contributed by atoms with Gasteiger partial charge in [0.05, 0.1) is 31.5 Å². The van der Waals surface area contributed by atoms with Crippen molar-refractivity contribution in [3.8, 4) is 0 Å². The number of nitrogens with two attached hydrogens (primary N) is 1. The van der Waals surface area contributed by atoms with Crippen LogP contribution < -0.4 is 11.1 Å². The molecule has 0 saturated carbocycles. The van der Waals surface area contributed by atoms with Crippen molar-refractivity contribution in [3.63, 3.8) is 0 Å². The molecule has 0 bridgehead atoms. The van der Waals surface area contributed by atoms with E-state index in [1.165, 1.54) is 0 Å². The van der Waals surface area contributed by atoms with Gasteiger partial charge in [0.25, 0.3) is 0 Å². The number of carbonyl (C=O) groups excluding carboxylic acids is 1. The number of hydrogen-bond donors (Lipinski definition) is 2. The molecule has 5 heteroatoms. The molecule has 1 saturated heterocycles. The van der Waals surface area contributed by atoms with Crippen LogP contribution in [-0.4, -0.2) is 43.9 Å². The molecule has 16 heavy (non-hydrogen) atoms. The summed E-state index contributed by atoms with van der Waals surface area (Å²) in [4.78, 5) is 11.8. The first kappa shape index (κ1) is 13.4. The Balaban J connectivity index is 2.33. The molecule has 3 N–H and O–H groups in total. The van der Waals surface area contributed by atoms with E-state index in [9.17, 15) is 4.79 Å². The maximum atomic E-state index is 11.8. The summed E-state index contributed by atoms with van der Waals surface area (Å²) in [7, 11) is 0. The maximum absolute atomic E-state index is 11.8. The van der Waals surface area contributed by atoms with Gasteiger partial charge in [-0.15, -0.1) is 0 Å². The van der Waals surface area contributed by atoms with Crippen LogP contribution in [0.2, 0.25) is 0 Å². The third kappa shape index (κ3) is 3.43. The molecule has 0 aromatic carbocycles. The molecule has 0 aromatic heterocycles. The fraction of sp³-hybridized carbons (Fsp3) is 0.909. The van der Waals surface area contributed by atoms with Gasteiger partial charge in [0.1, 0.15) is 0 Å². The zero-order valence-corrected chi connectivity index (χ0v) is 10.1. The molecule has 0 radical (unpaired) electrons. The van der Waals surface area contributed by atoms with E-state index in [4.69, 9.17) is 15.2 Å². The molecule has 1 amide bonds. The van der Waals surface area contributed by atoms with E-state index in [-0.39, 0.29) is 12.0 Å². The minimum absolute atomic E-state index is 0.0457. The average molecular weight is 230 g/mol. The molecule has 1 aliphatic rings. The van der Waals surface area contributed by atoms with E-state index >= 15 is 0 Å². The molecule has 94 valence electrons. The molecule has 5 nitrogen and oxygen atoms in total. The summed E-state index contributed by atoms with van der Waals surface area (Å²) < 4.78 is 10.7. The van der Waals surface area contributed by atoms with Crippen LogP contribution in [-0.2, 0) is 14.3 Å². The van der Waals surface area contributed by atoms with Gasteiger partial charge in [-0.1, -0.05) is 13.8 Å². The summed E-state index contributed by atoms with van der Waals surface area (Å²) in [5.41, 5.74) is 5.22. The predicted octanol–water partition coefficient (Wildman–Crippen LogP) is 0.0355. The summed E-state index contributed by atoms with van der Waals surface area (Å²) in [6.45, 7) is 6.07. The highest BCUT2D eigenvalue weighted by molar-refractivity contribution is 5.85. The highest BCUT2D eigenvalue weighted by Crippen LogP contribution is 2.11. The predicted molar refractivity (Wildman–Crippen MR) is 61.1 cm³/mol. The monoisotopic (exact) mass is 230 g/mol. The topological polar surface area (TPSA) is 73.6 Å². The molecule has 1 unspecified atom stereocenters. The van der Waals surface area contributed by atoms with Gasteiger partial charge >= 0.3 is 0 Å². The largest absolute Gasteiger partial charge is 0.376 e. The second-order valence-corrected chi connectivity index (χ2v) is 4.14. The molecule has 0 spiro atoms.